The molecule has 150 valence electrons. The highest BCUT2D eigenvalue weighted by atomic mass is 35.5. The molecule has 0 saturated carbocycles. The number of esters is 2. The zero-order chi connectivity index (χ0) is 20.5. The summed E-state index contributed by atoms with van der Waals surface area (Å²) in [6, 6.07) is 9.19. The second-order valence-corrected chi connectivity index (χ2v) is 8.00. The molecule has 0 fully saturated rings. The van der Waals surface area contributed by atoms with Gasteiger partial charge in [-0.1, -0.05) is 41.9 Å². The Morgan fingerprint density at radius 3 is 2.39 bits per heavy atom. The Hall–Kier alpha value is -2.03. The Labute approximate surface area is 176 Å². The van der Waals surface area contributed by atoms with Gasteiger partial charge in [0.2, 0.25) is 5.91 Å². The summed E-state index contributed by atoms with van der Waals surface area (Å²) in [5.41, 5.74) is 1.51. The number of thioether (sulfide) groups is 1. The number of benzene rings is 1. The predicted molar refractivity (Wildman–Crippen MR) is 113 cm³/mol. The zero-order valence-corrected chi connectivity index (χ0v) is 17.8. The van der Waals surface area contributed by atoms with Crippen LogP contribution in [-0.2, 0) is 19.1 Å². The summed E-state index contributed by atoms with van der Waals surface area (Å²) < 4.78 is 10.4. The molecule has 1 aromatic carbocycles. The first-order valence-electron chi connectivity index (χ1n) is 8.55. The second kappa shape index (κ2) is 11.1. The lowest BCUT2D eigenvalue weighted by Crippen LogP contribution is -2.17. The first-order chi connectivity index (χ1) is 13.5. The van der Waals surface area contributed by atoms with Gasteiger partial charge in [-0.3, -0.25) is 9.59 Å². The molecule has 0 bridgehead atoms. The summed E-state index contributed by atoms with van der Waals surface area (Å²) >= 11 is 8.61. The molecule has 1 aromatic heterocycles. The molecule has 0 aliphatic rings. The van der Waals surface area contributed by atoms with Crippen molar-refractivity contribution < 1.29 is 23.9 Å². The lowest BCUT2D eigenvalue weighted by molar-refractivity contribution is -0.139. The van der Waals surface area contributed by atoms with Crippen LogP contribution < -0.4 is 5.32 Å². The molecule has 6 nitrogen and oxygen atoms in total. The normalized spacial score (nSPS) is 10.4. The Morgan fingerprint density at radius 1 is 1.07 bits per heavy atom. The van der Waals surface area contributed by atoms with E-state index in [1.807, 2.05) is 30.3 Å². The maximum absolute atomic E-state index is 12.5. The molecule has 1 amide bonds. The van der Waals surface area contributed by atoms with Crippen molar-refractivity contribution in [2.75, 3.05) is 30.0 Å². The van der Waals surface area contributed by atoms with Crippen LogP contribution in [0.1, 0.15) is 24.2 Å². The van der Waals surface area contributed by atoms with E-state index in [1.54, 1.807) is 13.8 Å². The topological polar surface area (TPSA) is 81.7 Å². The highest BCUT2D eigenvalue weighted by molar-refractivity contribution is 8.00. The molecule has 28 heavy (non-hydrogen) atoms. The number of carbonyl (C=O) groups excluding carboxylic acids is 3. The van der Waals surface area contributed by atoms with E-state index in [0.717, 1.165) is 28.7 Å². The first kappa shape index (κ1) is 22.3. The molecule has 1 heterocycles. The van der Waals surface area contributed by atoms with Crippen molar-refractivity contribution in [3.8, 4) is 11.1 Å². The highest BCUT2D eigenvalue weighted by Gasteiger charge is 2.26. The van der Waals surface area contributed by atoms with E-state index in [1.165, 1.54) is 0 Å². The minimum absolute atomic E-state index is 0.0390. The van der Waals surface area contributed by atoms with Gasteiger partial charge in [-0.2, -0.15) is 0 Å². The van der Waals surface area contributed by atoms with Gasteiger partial charge in [-0.15, -0.1) is 23.1 Å². The van der Waals surface area contributed by atoms with Crippen LogP contribution in [0, 0.1) is 0 Å². The van der Waals surface area contributed by atoms with Crippen molar-refractivity contribution in [3.05, 3.63) is 40.2 Å². The van der Waals surface area contributed by atoms with Crippen LogP contribution in [0.25, 0.3) is 11.1 Å². The smallest absolute Gasteiger partial charge is 0.341 e. The maximum Gasteiger partial charge on any atom is 0.341 e. The van der Waals surface area contributed by atoms with E-state index < -0.39 is 5.97 Å². The van der Waals surface area contributed by atoms with Gasteiger partial charge >= 0.3 is 11.9 Å². The SMILES string of the molecule is CCOC(=O)CSCC(=O)Nc1sc(Cl)c(-c2ccccc2)c1C(=O)OCC. The largest absolute Gasteiger partial charge is 0.465 e. The summed E-state index contributed by atoms with van der Waals surface area (Å²) in [5, 5.41) is 3.03. The summed E-state index contributed by atoms with van der Waals surface area (Å²) in [5.74, 6) is -1.17. The van der Waals surface area contributed by atoms with Gasteiger partial charge in [0.1, 0.15) is 14.9 Å². The second-order valence-electron chi connectivity index (χ2n) is 5.39. The number of ether oxygens (including phenoxy) is 2. The van der Waals surface area contributed by atoms with Crippen LogP contribution in [0.3, 0.4) is 0 Å². The molecular formula is C19H20ClNO5S2. The third-order valence-corrected chi connectivity index (χ3v) is 5.64. The molecule has 2 rings (SSSR count). The highest BCUT2D eigenvalue weighted by Crippen LogP contribution is 2.43. The summed E-state index contributed by atoms with van der Waals surface area (Å²) in [6.07, 6.45) is 0. The van der Waals surface area contributed by atoms with Crippen LogP contribution in [0.15, 0.2) is 30.3 Å². The fourth-order valence-electron chi connectivity index (χ4n) is 2.34. The third kappa shape index (κ3) is 5.98. The standard InChI is InChI=1S/C19H20ClNO5S2/c1-3-25-14(23)11-27-10-13(22)21-18-16(19(24)26-4-2)15(17(20)28-18)12-8-6-5-7-9-12/h5-9H,3-4,10-11H2,1-2H3,(H,21,22). The molecule has 0 unspecified atom stereocenters. The number of nitrogens with one attached hydrogen (secondary N) is 1. The van der Waals surface area contributed by atoms with Crippen molar-refractivity contribution in [3.63, 3.8) is 0 Å². The van der Waals surface area contributed by atoms with E-state index >= 15 is 0 Å². The number of halogens is 1. The number of hydrogen-bond acceptors (Lipinski definition) is 7. The fourth-order valence-corrected chi connectivity index (χ4v) is 4.34. The zero-order valence-electron chi connectivity index (χ0n) is 15.5. The van der Waals surface area contributed by atoms with Crippen molar-refractivity contribution >= 4 is 57.5 Å². The van der Waals surface area contributed by atoms with Crippen molar-refractivity contribution in [2.24, 2.45) is 0 Å². The molecule has 0 saturated heterocycles. The van der Waals surface area contributed by atoms with Gasteiger partial charge < -0.3 is 14.8 Å². The molecular weight excluding hydrogens is 422 g/mol. The summed E-state index contributed by atoms with van der Waals surface area (Å²) in [4.78, 5) is 36.2. The van der Waals surface area contributed by atoms with Gasteiger partial charge in [-0.25, -0.2) is 4.79 Å². The number of hydrogen-bond donors (Lipinski definition) is 1. The minimum atomic E-state index is -0.557. The van der Waals surface area contributed by atoms with Gasteiger partial charge in [0.05, 0.1) is 24.7 Å². The Kier molecular flexibility index (Phi) is 8.82. The van der Waals surface area contributed by atoms with Crippen molar-refractivity contribution in [2.45, 2.75) is 13.8 Å². The molecule has 9 heteroatoms. The lowest BCUT2D eigenvalue weighted by Gasteiger charge is -2.09. The molecule has 1 N–H and O–H groups in total. The van der Waals surface area contributed by atoms with Gasteiger partial charge in [0.15, 0.2) is 0 Å². The third-order valence-electron chi connectivity index (χ3n) is 3.42. The van der Waals surface area contributed by atoms with Gasteiger partial charge in [0, 0.05) is 5.56 Å². The lowest BCUT2D eigenvalue weighted by atomic mass is 10.0. The molecule has 0 atom stereocenters. The number of anilines is 1. The number of carbonyl (C=O) groups is 3. The predicted octanol–water partition coefficient (Wildman–Crippen LogP) is 4.48. The summed E-state index contributed by atoms with van der Waals surface area (Å²) in [7, 11) is 0. The van der Waals surface area contributed by atoms with Crippen LogP contribution in [0.5, 0.6) is 0 Å². The van der Waals surface area contributed by atoms with Gasteiger partial charge in [0.25, 0.3) is 0 Å². The number of amides is 1. The molecule has 2 aromatic rings. The maximum atomic E-state index is 12.5. The fraction of sp³-hybridized carbons (Fsp3) is 0.316. The minimum Gasteiger partial charge on any atom is -0.465 e. The van der Waals surface area contributed by atoms with Crippen LogP contribution in [0.4, 0.5) is 5.00 Å². The molecule has 0 spiro atoms. The van der Waals surface area contributed by atoms with Crippen LogP contribution >= 0.6 is 34.7 Å². The van der Waals surface area contributed by atoms with Gasteiger partial charge in [-0.05, 0) is 19.4 Å². The van der Waals surface area contributed by atoms with E-state index in [4.69, 9.17) is 21.1 Å². The van der Waals surface area contributed by atoms with Crippen LogP contribution in [-0.4, -0.2) is 42.6 Å². The van der Waals surface area contributed by atoms with Crippen molar-refractivity contribution in [1.29, 1.82) is 0 Å². The Balaban J connectivity index is 2.21. The number of thiophene rings is 1. The van der Waals surface area contributed by atoms with E-state index in [2.05, 4.69) is 5.32 Å². The molecule has 0 aliphatic carbocycles. The van der Waals surface area contributed by atoms with E-state index in [0.29, 0.717) is 21.5 Å². The average molecular weight is 442 g/mol. The molecule has 0 radical (unpaired) electrons. The Morgan fingerprint density at radius 2 is 1.75 bits per heavy atom. The van der Waals surface area contributed by atoms with E-state index in [9.17, 15) is 14.4 Å². The van der Waals surface area contributed by atoms with Crippen molar-refractivity contribution in [1.82, 2.24) is 0 Å². The monoisotopic (exact) mass is 441 g/mol. The van der Waals surface area contributed by atoms with E-state index in [-0.39, 0.29) is 35.6 Å². The molecule has 0 aliphatic heterocycles. The average Bonchev–Trinajstić information content (AvgIpc) is 2.98. The Bertz CT molecular complexity index is 838. The number of rotatable bonds is 9. The van der Waals surface area contributed by atoms with Crippen LogP contribution in [0.2, 0.25) is 4.34 Å². The quantitative estimate of drug-likeness (QED) is 0.578. The first-order valence-corrected chi connectivity index (χ1v) is 10.9. The summed E-state index contributed by atoms with van der Waals surface area (Å²) in [6.45, 7) is 3.92.